The number of hydrogen-bond acceptors (Lipinski definition) is 1. The van der Waals surface area contributed by atoms with Crippen molar-refractivity contribution in [3.8, 4) is 22.4 Å². The molecule has 0 aliphatic rings. The van der Waals surface area contributed by atoms with Gasteiger partial charge in [-0.15, -0.1) is 0 Å². The molecule has 28 heavy (non-hydrogen) atoms. The molecule has 0 radical (unpaired) electrons. The van der Waals surface area contributed by atoms with Crippen LogP contribution in [-0.2, 0) is 7.05 Å². The van der Waals surface area contributed by atoms with Gasteiger partial charge in [0.1, 0.15) is 18.2 Å². The van der Waals surface area contributed by atoms with Crippen molar-refractivity contribution in [3.63, 3.8) is 0 Å². The summed E-state index contributed by atoms with van der Waals surface area (Å²) in [5.74, 6) is 0. The van der Waals surface area contributed by atoms with Crippen LogP contribution in [0.4, 0.5) is 0 Å². The van der Waals surface area contributed by atoms with Crippen LogP contribution in [0.15, 0.2) is 83.4 Å². The lowest BCUT2D eigenvalue weighted by atomic mass is 9.99. The van der Waals surface area contributed by atoms with Crippen molar-refractivity contribution in [2.75, 3.05) is 0 Å². The van der Waals surface area contributed by atoms with Gasteiger partial charge in [0, 0.05) is 26.5 Å². The molecule has 0 unspecified atom stereocenters. The molecule has 2 heteroatoms. The van der Waals surface area contributed by atoms with Gasteiger partial charge in [-0.25, -0.2) is 4.57 Å². The molecule has 0 aliphatic carbocycles. The highest BCUT2D eigenvalue weighted by atomic mass is 16.3. The number of para-hydroxylation sites is 1. The fraction of sp³-hybridized carbons (Fsp3) is 0.115. The number of pyridine rings is 1. The minimum Gasteiger partial charge on any atom is -0.455 e. The van der Waals surface area contributed by atoms with E-state index < -0.39 is 6.85 Å². The van der Waals surface area contributed by atoms with Gasteiger partial charge in [0.15, 0.2) is 6.20 Å². The van der Waals surface area contributed by atoms with E-state index in [1.54, 1.807) is 12.1 Å². The SMILES string of the molecule is [2H]C([2H])([2H])c1ccc(-c2ccc(-c3c(C)ccc4c3oc3ccccc34)[n+](C)c2)cc1. The van der Waals surface area contributed by atoms with E-state index in [4.69, 9.17) is 8.53 Å². The zero-order chi connectivity index (χ0) is 21.8. The van der Waals surface area contributed by atoms with Gasteiger partial charge in [-0.2, -0.15) is 0 Å². The molecule has 0 saturated heterocycles. The van der Waals surface area contributed by atoms with Crippen LogP contribution in [0.1, 0.15) is 15.2 Å². The van der Waals surface area contributed by atoms with Crippen LogP contribution in [0.5, 0.6) is 0 Å². The van der Waals surface area contributed by atoms with Crippen LogP contribution < -0.4 is 4.57 Å². The molecule has 5 aromatic rings. The van der Waals surface area contributed by atoms with Crippen LogP contribution in [0, 0.1) is 13.8 Å². The summed E-state index contributed by atoms with van der Waals surface area (Å²) in [5, 5.41) is 2.23. The number of nitrogens with zero attached hydrogens (tertiary/aromatic N) is 1. The molecule has 0 fully saturated rings. The van der Waals surface area contributed by atoms with Gasteiger partial charge in [-0.05, 0) is 37.0 Å². The van der Waals surface area contributed by atoms with E-state index in [2.05, 4.69) is 48.0 Å². The van der Waals surface area contributed by atoms with Crippen molar-refractivity contribution in [2.45, 2.75) is 13.8 Å². The lowest BCUT2D eigenvalue weighted by Crippen LogP contribution is -2.31. The van der Waals surface area contributed by atoms with Crippen molar-refractivity contribution in [1.29, 1.82) is 0 Å². The Kier molecular flexibility index (Phi) is 3.11. The number of fused-ring (bicyclic) bond motifs is 3. The topological polar surface area (TPSA) is 17.0 Å². The zero-order valence-electron chi connectivity index (χ0n) is 18.9. The molecule has 0 N–H and O–H groups in total. The first-order valence-corrected chi connectivity index (χ1v) is 9.35. The first-order valence-electron chi connectivity index (χ1n) is 10.8. The van der Waals surface area contributed by atoms with Crippen LogP contribution in [-0.4, -0.2) is 0 Å². The Balaban J connectivity index is 1.62. The Morgan fingerprint density at radius 2 is 1.61 bits per heavy atom. The standard InChI is InChI=1S/C26H22NO/c1-17-8-11-19(12-9-17)20-13-15-23(27(3)16-20)25-18(2)10-14-22-21-6-4-5-7-24(21)28-26(22)25/h4-16H,1-3H3/q+1/i1D3. The molecule has 0 spiro atoms. The van der Waals surface area contributed by atoms with Crippen LogP contribution in [0.25, 0.3) is 44.3 Å². The van der Waals surface area contributed by atoms with E-state index in [-0.39, 0.29) is 0 Å². The summed E-state index contributed by atoms with van der Waals surface area (Å²) in [5.41, 5.74) is 7.43. The average molecular weight is 367 g/mol. The summed E-state index contributed by atoms with van der Waals surface area (Å²) >= 11 is 0. The summed E-state index contributed by atoms with van der Waals surface area (Å²) in [4.78, 5) is 0. The first-order chi connectivity index (χ1) is 14.8. The minimum atomic E-state index is -2.09. The molecule has 2 nitrogen and oxygen atoms in total. The second-order valence-corrected chi connectivity index (χ2v) is 7.22. The molecule has 2 heterocycles. The van der Waals surface area contributed by atoms with Gasteiger partial charge in [0.05, 0.1) is 5.56 Å². The van der Waals surface area contributed by atoms with Gasteiger partial charge in [0.25, 0.3) is 0 Å². The predicted molar refractivity (Wildman–Crippen MR) is 115 cm³/mol. The average Bonchev–Trinajstić information content (AvgIpc) is 3.12. The summed E-state index contributed by atoms with van der Waals surface area (Å²) in [6.07, 6.45) is 2.07. The van der Waals surface area contributed by atoms with Gasteiger partial charge in [-0.3, -0.25) is 0 Å². The van der Waals surface area contributed by atoms with Gasteiger partial charge < -0.3 is 4.42 Å². The second kappa shape index (κ2) is 6.35. The summed E-state index contributed by atoms with van der Waals surface area (Å²) in [7, 11) is 2.02. The van der Waals surface area contributed by atoms with E-state index in [1.165, 1.54) is 0 Å². The zero-order valence-corrected chi connectivity index (χ0v) is 15.9. The number of furan rings is 1. The quantitative estimate of drug-likeness (QED) is 0.332. The first kappa shape index (κ1) is 13.7. The van der Waals surface area contributed by atoms with Crippen molar-refractivity contribution in [3.05, 3.63) is 90.1 Å². The highest BCUT2D eigenvalue weighted by Gasteiger charge is 2.20. The third-order valence-corrected chi connectivity index (χ3v) is 5.36. The number of rotatable bonds is 2. The molecule has 5 rings (SSSR count). The molecule has 0 amide bonds. The maximum Gasteiger partial charge on any atom is 0.216 e. The van der Waals surface area contributed by atoms with E-state index in [0.29, 0.717) is 5.56 Å². The van der Waals surface area contributed by atoms with Gasteiger partial charge in [-0.1, -0.05) is 60.2 Å². The number of aryl methyl sites for hydroxylation is 3. The molecule has 2 aromatic heterocycles. The monoisotopic (exact) mass is 367 g/mol. The molecule has 136 valence electrons. The van der Waals surface area contributed by atoms with Crippen molar-refractivity contribution in [2.24, 2.45) is 7.05 Å². The lowest BCUT2D eigenvalue weighted by molar-refractivity contribution is -0.659. The van der Waals surface area contributed by atoms with Crippen molar-refractivity contribution in [1.82, 2.24) is 0 Å². The normalized spacial score (nSPS) is 13.4. The predicted octanol–water partition coefficient (Wildman–Crippen LogP) is 6.36. The molecule has 0 atom stereocenters. The fourth-order valence-electron chi connectivity index (χ4n) is 3.91. The van der Waals surface area contributed by atoms with Gasteiger partial charge in [0.2, 0.25) is 5.69 Å². The third kappa shape index (κ3) is 2.61. The number of hydrogen-bond donors (Lipinski definition) is 0. The van der Waals surface area contributed by atoms with Crippen molar-refractivity contribution >= 4 is 21.9 Å². The summed E-state index contributed by atoms with van der Waals surface area (Å²) in [6.45, 7) is 0.0132. The Morgan fingerprint density at radius 1 is 0.821 bits per heavy atom. The maximum absolute atomic E-state index is 7.55. The van der Waals surface area contributed by atoms with E-state index in [1.807, 2.05) is 37.4 Å². The largest absolute Gasteiger partial charge is 0.455 e. The maximum atomic E-state index is 7.55. The third-order valence-electron chi connectivity index (χ3n) is 5.36. The lowest BCUT2D eigenvalue weighted by Gasteiger charge is -2.07. The number of aromatic nitrogens is 1. The Labute approximate surface area is 168 Å². The van der Waals surface area contributed by atoms with Crippen LogP contribution in [0.2, 0.25) is 0 Å². The summed E-state index contributed by atoms with van der Waals surface area (Å²) in [6, 6.07) is 23.6. The highest BCUT2D eigenvalue weighted by molar-refractivity contribution is 6.09. The number of benzene rings is 3. The molecular weight excluding hydrogens is 342 g/mol. The molecule has 0 saturated carbocycles. The molecule has 3 aromatic carbocycles. The molecular formula is C26H22NO+. The summed E-state index contributed by atoms with van der Waals surface area (Å²) < 4.78 is 31.0. The van der Waals surface area contributed by atoms with Crippen LogP contribution >= 0.6 is 0 Å². The second-order valence-electron chi connectivity index (χ2n) is 7.22. The molecule has 0 aliphatic heterocycles. The smallest absolute Gasteiger partial charge is 0.216 e. The molecule has 0 bridgehead atoms. The minimum absolute atomic E-state index is 0.351. The van der Waals surface area contributed by atoms with Gasteiger partial charge >= 0.3 is 0 Å². The Bertz CT molecular complexity index is 1430. The Morgan fingerprint density at radius 3 is 2.39 bits per heavy atom. The van der Waals surface area contributed by atoms with Crippen molar-refractivity contribution < 1.29 is 13.1 Å². The van der Waals surface area contributed by atoms with E-state index in [9.17, 15) is 0 Å². The highest BCUT2D eigenvalue weighted by Crippen LogP contribution is 2.37. The van der Waals surface area contributed by atoms with E-state index >= 15 is 0 Å². The van der Waals surface area contributed by atoms with E-state index in [0.717, 1.165) is 49.9 Å². The fourth-order valence-corrected chi connectivity index (χ4v) is 3.91. The Hall–Kier alpha value is -3.39. The van der Waals surface area contributed by atoms with Crippen LogP contribution in [0.3, 0.4) is 0 Å².